The van der Waals surface area contributed by atoms with Crippen LogP contribution in [0.1, 0.15) is 66.5 Å². The molecule has 0 amide bonds. The molecule has 2 fully saturated rings. The number of hydrogen-bond acceptors (Lipinski definition) is 4. The van der Waals surface area contributed by atoms with E-state index in [0.717, 1.165) is 11.4 Å². The van der Waals surface area contributed by atoms with E-state index in [1.165, 1.54) is 42.6 Å². The number of anilines is 1. The summed E-state index contributed by atoms with van der Waals surface area (Å²) in [7, 11) is 1.65. The monoisotopic (exact) mass is 524 g/mol. The Labute approximate surface area is 223 Å². The molecule has 8 heteroatoms. The second-order valence-corrected chi connectivity index (χ2v) is 10.4. The van der Waals surface area contributed by atoms with E-state index in [1.54, 1.807) is 7.11 Å². The van der Waals surface area contributed by atoms with Crippen molar-refractivity contribution >= 4 is 34.6 Å². The molecule has 1 saturated carbocycles. The van der Waals surface area contributed by atoms with E-state index in [1.807, 2.05) is 36.5 Å². The largest absolute Gasteiger partial charge is 0.490 e. The molecule has 1 saturated heterocycles. The maximum atomic E-state index is 6.66. The Morgan fingerprint density at radius 1 is 1.11 bits per heavy atom. The van der Waals surface area contributed by atoms with Crippen LogP contribution in [0, 0.1) is 13.8 Å². The maximum Gasteiger partial charge on any atom is 0.174 e. The average molecular weight is 525 g/mol. The van der Waals surface area contributed by atoms with Crippen LogP contribution in [0.4, 0.5) is 5.69 Å². The molecule has 1 N–H and O–H groups in total. The lowest BCUT2D eigenvalue weighted by Gasteiger charge is -2.29. The number of halogens is 1. The van der Waals surface area contributed by atoms with Crippen LogP contribution in [-0.2, 0) is 4.74 Å². The smallest absolute Gasteiger partial charge is 0.174 e. The Morgan fingerprint density at radius 2 is 1.92 bits per heavy atom. The van der Waals surface area contributed by atoms with E-state index in [9.17, 15) is 0 Å². The zero-order valence-electron chi connectivity index (χ0n) is 21.0. The quantitative estimate of drug-likeness (QED) is 0.269. The normalized spacial score (nSPS) is 20.2. The fourth-order valence-corrected chi connectivity index (χ4v) is 6.34. The Bertz CT molecular complexity index is 1230. The Hall–Kier alpha value is -2.61. The summed E-state index contributed by atoms with van der Waals surface area (Å²) in [5.74, 6) is 0.632. The van der Waals surface area contributed by atoms with Crippen molar-refractivity contribution in [3.05, 3.63) is 76.3 Å². The van der Waals surface area contributed by atoms with E-state index >= 15 is 0 Å². The Morgan fingerprint density at radius 3 is 2.61 bits per heavy atom. The van der Waals surface area contributed by atoms with Gasteiger partial charge in [-0.15, -0.1) is 0 Å². The van der Waals surface area contributed by atoms with E-state index < -0.39 is 0 Å². The average Bonchev–Trinajstić information content (AvgIpc) is 3.58. The summed E-state index contributed by atoms with van der Waals surface area (Å²) in [4.78, 5) is 6.88. The molecule has 2 aromatic heterocycles. The summed E-state index contributed by atoms with van der Waals surface area (Å²) in [5.41, 5.74) is 5.74. The summed E-state index contributed by atoms with van der Waals surface area (Å²) >= 11 is 12.6. The number of nitrogens with zero attached hydrogens (tertiary/aromatic N) is 3. The van der Waals surface area contributed by atoms with E-state index in [-0.39, 0.29) is 12.1 Å². The number of thiocarbonyl (C=S) groups is 1. The first-order valence-corrected chi connectivity index (χ1v) is 13.4. The number of hydrogen-bond donors (Lipinski definition) is 1. The summed E-state index contributed by atoms with van der Waals surface area (Å²) in [5, 5.41) is 4.77. The molecule has 1 aliphatic carbocycles. The van der Waals surface area contributed by atoms with Crippen molar-refractivity contribution < 1.29 is 9.47 Å². The molecule has 0 bridgehead atoms. The van der Waals surface area contributed by atoms with Crippen LogP contribution in [0.5, 0.6) is 5.75 Å². The van der Waals surface area contributed by atoms with Crippen molar-refractivity contribution in [2.75, 3.05) is 25.2 Å². The van der Waals surface area contributed by atoms with Gasteiger partial charge >= 0.3 is 0 Å². The predicted molar refractivity (Wildman–Crippen MR) is 148 cm³/mol. The number of rotatable bonds is 8. The van der Waals surface area contributed by atoms with Crippen LogP contribution in [0.2, 0.25) is 5.02 Å². The first-order valence-electron chi connectivity index (χ1n) is 12.6. The summed E-state index contributed by atoms with van der Waals surface area (Å²) < 4.78 is 13.4. The van der Waals surface area contributed by atoms with Gasteiger partial charge in [0, 0.05) is 36.4 Å². The van der Waals surface area contributed by atoms with Crippen LogP contribution in [0.15, 0.2) is 48.7 Å². The molecule has 0 radical (unpaired) electrons. The van der Waals surface area contributed by atoms with E-state index in [0.29, 0.717) is 35.1 Å². The van der Waals surface area contributed by atoms with Gasteiger partial charge in [0.15, 0.2) is 5.11 Å². The first-order chi connectivity index (χ1) is 17.5. The zero-order chi connectivity index (χ0) is 25.2. The van der Waals surface area contributed by atoms with Crippen molar-refractivity contribution in [2.24, 2.45) is 0 Å². The molecule has 0 spiro atoms. The molecule has 3 heterocycles. The fourth-order valence-electron chi connectivity index (χ4n) is 5.77. The lowest BCUT2D eigenvalue weighted by atomic mass is 9.96. The van der Waals surface area contributed by atoms with Gasteiger partial charge in [-0.1, -0.05) is 30.5 Å². The van der Waals surface area contributed by atoms with Gasteiger partial charge in [-0.05, 0) is 80.9 Å². The van der Waals surface area contributed by atoms with Gasteiger partial charge in [-0.2, -0.15) is 0 Å². The van der Waals surface area contributed by atoms with E-state index in [4.69, 9.17) is 38.3 Å². The molecule has 6 nitrogen and oxygen atoms in total. The molecule has 3 aromatic rings. The van der Waals surface area contributed by atoms with Crippen LogP contribution >= 0.6 is 23.8 Å². The predicted octanol–water partition coefficient (Wildman–Crippen LogP) is 6.47. The third kappa shape index (κ3) is 4.72. The van der Waals surface area contributed by atoms with Gasteiger partial charge in [0.05, 0.1) is 29.4 Å². The zero-order valence-corrected chi connectivity index (χ0v) is 22.6. The minimum Gasteiger partial charge on any atom is -0.490 e. The summed E-state index contributed by atoms with van der Waals surface area (Å²) in [6.07, 6.45) is 6.91. The molecule has 1 aromatic carbocycles. The minimum absolute atomic E-state index is 0.0647. The third-order valence-electron chi connectivity index (χ3n) is 7.37. The first kappa shape index (κ1) is 25.1. The van der Waals surface area contributed by atoms with Gasteiger partial charge in [-0.25, -0.2) is 0 Å². The second kappa shape index (κ2) is 10.8. The number of aryl methyl sites for hydroxylation is 1. The van der Waals surface area contributed by atoms with Crippen molar-refractivity contribution in [1.82, 2.24) is 14.9 Å². The Balaban J connectivity index is 1.57. The molecule has 190 valence electrons. The number of ether oxygens (including phenoxy) is 2. The highest BCUT2D eigenvalue weighted by Crippen LogP contribution is 2.45. The van der Waals surface area contributed by atoms with Gasteiger partial charge in [-0.3, -0.25) is 4.98 Å². The fraction of sp³-hybridized carbons (Fsp3) is 0.429. The highest BCUT2D eigenvalue weighted by atomic mass is 35.5. The lowest BCUT2D eigenvalue weighted by molar-refractivity contribution is 0.146. The van der Waals surface area contributed by atoms with Crippen LogP contribution < -0.4 is 15.0 Å². The molecular weight excluding hydrogens is 492 g/mol. The lowest BCUT2D eigenvalue weighted by Crippen LogP contribution is -2.29. The third-order valence-corrected chi connectivity index (χ3v) is 7.98. The summed E-state index contributed by atoms with van der Waals surface area (Å²) in [6, 6.07) is 14.6. The highest BCUT2D eigenvalue weighted by Gasteiger charge is 2.42. The molecule has 36 heavy (non-hydrogen) atoms. The molecule has 5 rings (SSSR count). The number of aromatic nitrogens is 2. The van der Waals surface area contributed by atoms with Crippen LogP contribution in [-0.4, -0.2) is 35.0 Å². The van der Waals surface area contributed by atoms with Gasteiger partial charge in [0.25, 0.3) is 0 Å². The number of nitrogens with one attached hydrogen (secondary N) is 1. The van der Waals surface area contributed by atoms with Gasteiger partial charge in [0.2, 0.25) is 0 Å². The topological polar surface area (TPSA) is 51.6 Å². The number of methoxy groups -OCH3 is 1. The number of benzene rings is 1. The highest BCUT2D eigenvalue weighted by molar-refractivity contribution is 7.80. The molecule has 2 atom stereocenters. The van der Waals surface area contributed by atoms with Crippen molar-refractivity contribution in [2.45, 2.75) is 57.7 Å². The SMILES string of the molecule is COCCOc1ccc(N2C(=S)N[C@@H](c3ccccn3)[C@H]2c2cc(C)n(C3CCCC3)c2C)cc1Cl. The van der Waals surface area contributed by atoms with Crippen molar-refractivity contribution in [3.63, 3.8) is 0 Å². The van der Waals surface area contributed by atoms with Crippen molar-refractivity contribution in [1.29, 1.82) is 0 Å². The van der Waals surface area contributed by atoms with Crippen LogP contribution in [0.3, 0.4) is 0 Å². The molecule has 1 aliphatic heterocycles. The maximum absolute atomic E-state index is 6.66. The van der Waals surface area contributed by atoms with E-state index in [2.05, 4.69) is 40.8 Å². The molecular formula is C28H33ClN4O2S. The van der Waals surface area contributed by atoms with Crippen LogP contribution in [0.25, 0.3) is 0 Å². The van der Waals surface area contributed by atoms with Gasteiger partial charge < -0.3 is 24.3 Å². The standard InChI is InChI=1S/C28H33ClN4O2S/c1-18-16-22(19(2)32(18)20-8-4-5-9-20)27-26(24-10-6-7-13-30-24)31-28(36)33(27)21-11-12-25(23(29)17-21)35-15-14-34-3/h6-7,10-13,16-17,20,26-27H,4-5,8-9,14-15H2,1-3H3,(H,31,36)/t26-,27+/m0/s1. The molecule has 0 unspecified atom stereocenters. The second-order valence-electron chi connectivity index (χ2n) is 9.59. The molecule has 2 aliphatic rings. The minimum atomic E-state index is -0.0902. The number of pyridine rings is 1. The Kier molecular flexibility index (Phi) is 7.51. The van der Waals surface area contributed by atoms with Crippen molar-refractivity contribution in [3.8, 4) is 5.75 Å². The van der Waals surface area contributed by atoms with Gasteiger partial charge in [0.1, 0.15) is 12.4 Å². The summed E-state index contributed by atoms with van der Waals surface area (Å²) in [6.45, 7) is 5.41.